The molecule has 3 rings (SSSR count). The average molecular weight is 374 g/mol. The van der Waals surface area contributed by atoms with Crippen molar-refractivity contribution in [2.45, 2.75) is 13.0 Å². The van der Waals surface area contributed by atoms with Gasteiger partial charge in [0.1, 0.15) is 23.2 Å². The Kier molecular flexibility index (Phi) is 5.02. The summed E-state index contributed by atoms with van der Waals surface area (Å²) < 4.78 is 34.7. The van der Waals surface area contributed by atoms with Crippen LogP contribution in [-0.2, 0) is 9.53 Å². The molecule has 0 aliphatic carbocycles. The molecule has 0 spiro atoms. The summed E-state index contributed by atoms with van der Waals surface area (Å²) >= 11 is 0. The lowest BCUT2D eigenvalue weighted by Gasteiger charge is -2.13. The average Bonchev–Trinajstić information content (AvgIpc) is 3.28. The summed E-state index contributed by atoms with van der Waals surface area (Å²) in [5, 5.41) is 6.61. The number of benzene rings is 1. The predicted octanol–water partition coefficient (Wildman–Crippen LogP) is 2.23. The third kappa shape index (κ3) is 3.71. The van der Waals surface area contributed by atoms with E-state index in [1.165, 1.54) is 24.9 Å². The highest BCUT2D eigenvalue weighted by atomic mass is 19.1. The SMILES string of the molecule is COC(=O)C(C)NC(=O)c1cnn(-c2cc(F)cc(F)c2)c1-n1cccc1. The zero-order valence-corrected chi connectivity index (χ0v) is 14.5. The zero-order valence-electron chi connectivity index (χ0n) is 14.5. The van der Waals surface area contributed by atoms with Crippen LogP contribution in [0.3, 0.4) is 0 Å². The van der Waals surface area contributed by atoms with E-state index in [1.54, 1.807) is 29.1 Å². The molecule has 1 aromatic carbocycles. The van der Waals surface area contributed by atoms with Gasteiger partial charge in [0.15, 0.2) is 5.82 Å². The number of aromatic nitrogens is 3. The number of methoxy groups -OCH3 is 1. The lowest BCUT2D eigenvalue weighted by molar-refractivity contribution is -0.142. The van der Waals surface area contributed by atoms with Crippen LogP contribution in [0.4, 0.5) is 8.78 Å². The van der Waals surface area contributed by atoms with E-state index in [-0.39, 0.29) is 17.1 Å². The molecule has 0 fully saturated rings. The van der Waals surface area contributed by atoms with Crippen molar-refractivity contribution in [3.63, 3.8) is 0 Å². The van der Waals surface area contributed by atoms with Gasteiger partial charge in [-0.25, -0.2) is 18.3 Å². The first kappa shape index (κ1) is 18.3. The van der Waals surface area contributed by atoms with Gasteiger partial charge in [-0.15, -0.1) is 0 Å². The summed E-state index contributed by atoms with van der Waals surface area (Å²) in [6.07, 6.45) is 4.57. The molecule has 9 heteroatoms. The Bertz CT molecular complexity index is 962. The normalized spacial score (nSPS) is 11.9. The minimum atomic E-state index is -0.880. The molecule has 27 heavy (non-hydrogen) atoms. The van der Waals surface area contributed by atoms with Crippen LogP contribution in [0, 0.1) is 11.6 Å². The number of amides is 1. The van der Waals surface area contributed by atoms with E-state index in [1.807, 2.05) is 0 Å². The van der Waals surface area contributed by atoms with Crippen LogP contribution in [0.2, 0.25) is 0 Å². The summed E-state index contributed by atoms with van der Waals surface area (Å²) in [6.45, 7) is 1.48. The molecule has 0 bridgehead atoms. The van der Waals surface area contributed by atoms with Crippen molar-refractivity contribution in [2.75, 3.05) is 7.11 Å². The second kappa shape index (κ2) is 7.40. The Balaban J connectivity index is 2.07. The van der Waals surface area contributed by atoms with Gasteiger partial charge >= 0.3 is 5.97 Å². The molecule has 0 radical (unpaired) electrons. The number of ether oxygens (including phenoxy) is 1. The molecular formula is C18H16F2N4O3. The standard InChI is InChI=1S/C18H16F2N4O3/c1-11(18(26)27-2)22-16(25)15-10-21-24(17(15)23-5-3-4-6-23)14-8-12(19)7-13(20)9-14/h3-11H,1-2H3,(H,22,25). The third-order valence-corrected chi connectivity index (χ3v) is 3.83. The molecule has 0 saturated carbocycles. The predicted molar refractivity (Wildman–Crippen MR) is 91.8 cm³/mol. The smallest absolute Gasteiger partial charge is 0.328 e. The van der Waals surface area contributed by atoms with Crippen molar-refractivity contribution in [3.05, 3.63) is 66.1 Å². The zero-order chi connectivity index (χ0) is 19.6. The highest BCUT2D eigenvalue weighted by Crippen LogP contribution is 2.21. The maximum absolute atomic E-state index is 13.6. The molecule has 1 N–H and O–H groups in total. The monoisotopic (exact) mass is 374 g/mol. The van der Waals surface area contributed by atoms with Crippen LogP contribution in [0.5, 0.6) is 0 Å². The lowest BCUT2D eigenvalue weighted by atomic mass is 10.2. The van der Waals surface area contributed by atoms with Gasteiger partial charge in [0.2, 0.25) is 0 Å². The first-order valence-corrected chi connectivity index (χ1v) is 7.97. The molecule has 0 aliphatic rings. The van der Waals surface area contributed by atoms with Crippen molar-refractivity contribution in [3.8, 4) is 11.5 Å². The number of nitrogens with one attached hydrogen (secondary N) is 1. The highest BCUT2D eigenvalue weighted by molar-refractivity contribution is 5.99. The van der Waals surface area contributed by atoms with Gasteiger partial charge in [0, 0.05) is 18.5 Å². The first-order valence-electron chi connectivity index (χ1n) is 7.97. The van der Waals surface area contributed by atoms with Crippen molar-refractivity contribution < 1.29 is 23.1 Å². The number of carbonyl (C=O) groups is 2. The number of hydrogen-bond acceptors (Lipinski definition) is 4. The molecule has 7 nitrogen and oxygen atoms in total. The number of nitrogens with zero attached hydrogens (tertiary/aromatic N) is 3. The van der Waals surface area contributed by atoms with Crippen molar-refractivity contribution >= 4 is 11.9 Å². The molecular weight excluding hydrogens is 358 g/mol. The first-order chi connectivity index (χ1) is 12.9. The van der Waals surface area contributed by atoms with E-state index in [2.05, 4.69) is 15.2 Å². The Morgan fingerprint density at radius 3 is 2.37 bits per heavy atom. The summed E-state index contributed by atoms with van der Waals surface area (Å²) in [4.78, 5) is 24.2. The van der Waals surface area contributed by atoms with Crippen LogP contribution < -0.4 is 5.32 Å². The van der Waals surface area contributed by atoms with E-state index >= 15 is 0 Å². The summed E-state index contributed by atoms with van der Waals surface area (Å²) in [5.74, 6) is -2.47. The van der Waals surface area contributed by atoms with E-state index in [0.717, 1.165) is 18.2 Å². The number of hydrogen-bond donors (Lipinski definition) is 1. The molecule has 140 valence electrons. The van der Waals surface area contributed by atoms with Gasteiger partial charge in [-0.3, -0.25) is 4.79 Å². The van der Waals surface area contributed by atoms with Gasteiger partial charge in [-0.2, -0.15) is 5.10 Å². The van der Waals surface area contributed by atoms with Crippen LogP contribution in [-0.4, -0.2) is 39.4 Å². The molecule has 2 heterocycles. The number of esters is 1. The van der Waals surface area contributed by atoms with Crippen molar-refractivity contribution in [1.82, 2.24) is 19.7 Å². The summed E-state index contributed by atoms with van der Waals surface area (Å²) in [5.41, 5.74) is 0.225. The lowest BCUT2D eigenvalue weighted by Crippen LogP contribution is -2.39. The van der Waals surface area contributed by atoms with Crippen molar-refractivity contribution in [1.29, 1.82) is 0 Å². The van der Waals surface area contributed by atoms with Crippen LogP contribution >= 0.6 is 0 Å². The van der Waals surface area contributed by atoms with E-state index in [0.29, 0.717) is 0 Å². The minimum absolute atomic E-state index is 0.108. The maximum atomic E-state index is 13.6. The van der Waals surface area contributed by atoms with Crippen molar-refractivity contribution in [2.24, 2.45) is 0 Å². The second-order valence-corrected chi connectivity index (χ2v) is 5.73. The molecule has 1 unspecified atom stereocenters. The van der Waals surface area contributed by atoms with E-state index in [9.17, 15) is 18.4 Å². The fourth-order valence-electron chi connectivity index (χ4n) is 2.59. The minimum Gasteiger partial charge on any atom is -0.467 e. The Labute approximate surface area is 153 Å². The molecule has 0 saturated heterocycles. The van der Waals surface area contributed by atoms with Crippen LogP contribution in [0.25, 0.3) is 11.5 Å². The molecule has 0 aliphatic heterocycles. The third-order valence-electron chi connectivity index (χ3n) is 3.83. The Morgan fingerprint density at radius 1 is 1.15 bits per heavy atom. The summed E-state index contributed by atoms with van der Waals surface area (Å²) in [6, 6.07) is 5.51. The summed E-state index contributed by atoms with van der Waals surface area (Å²) in [7, 11) is 1.22. The van der Waals surface area contributed by atoms with Gasteiger partial charge in [0.25, 0.3) is 5.91 Å². The van der Waals surface area contributed by atoms with Crippen LogP contribution in [0.1, 0.15) is 17.3 Å². The molecule has 1 amide bonds. The molecule has 3 aromatic rings. The number of rotatable bonds is 5. The maximum Gasteiger partial charge on any atom is 0.328 e. The van der Waals surface area contributed by atoms with Gasteiger partial charge < -0.3 is 14.6 Å². The van der Waals surface area contributed by atoms with E-state index < -0.39 is 29.6 Å². The Morgan fingerprint density at radius 2 is 1.78 bits per heavy atom. The number of carbonyl (C=O) groups excluding carboxylic acids is 2. The number of halogens is 2. The molecule has 1 atom stereocenters. The van der Waals surface area contributed by atoms with Gasteiger partial charge in [0.05, 0.1) is 19.0 Å². The quantitative estimate of drug-likeness (QED) is 0.695. The second-order valence-electron chi connectivity index (χ2n) is 5.73. The van der Waals surface area contributed by atoms with Gasteiger partial charge in [-0.1, -0.05) is 0 Å². The van der Waals surface area contributed by atoms with Crippen LogP contribution in [0.15, 0.2) is 48.9 Å². The Hall–Kier alpha value is -3.49. The fourth-order valence-corrected chi connectivity index (χ4v) is 2.59. The van der Waals surface area contributed by atoms with Gasteiger partial charge in [-0.05, 0) is 31.2 Å². The topological polar surface area (TPSA) is 78.2 Å². The highest BCUT2D eigenvalue weighted by Gasteiger charge is 2.23. The molecule has 2 aromatic heterocycles. The van der Waals surface area contributed by atoms with E-state index in [4.69, 9.17) is 0 Å². The largest absolute Gasteiger partial charge is 0.467 e. The fraction of sp³-hybridized carbons (Fsp3) is 0.167.